The highest BCUT2D eigenvalue weighted by Crippen LogP contribution is 2.19. The van der Waals surface area contributed by atoms with Crippen LogP contribution in [0.5, 0.6) is 0 Å². The molecule has 1 aliphatic heterocycles. The molecular formula is C16H22ClN3O4S. The summed E-state index contributed by atoms with van der Waals surface area (Å²) in [6, 6.07) is 7.50. The number of hydrogen-bond acceptors (Lipinski definition) is 5. The van der Waals surface area contributed by atoms with Gasteiger partial charge in [-0.25, -0.2) is 8.42 Å². The largest absolute Gasteiger partial charge is 0.368 e. The highest BCUT2D eigenvalue weighted by atomic mass is 35.5. The first-order chi connectivity index (χ1) is 11.8. The zero-order chi connectivity index (χ0) is 18.4. The topological polar surface area (TPSA) is 86.8 Å². The van der Waals surface area contributed by atoms with Gasteiger partial charge in [0, 0.05) is 36.9 Å². The van der Waals surface area contributed by atoms with E-state index in [1.54, 1.807) is 11.8 Å². The van der Waals surface area contributed by atoms with E-state index in [4.69, 9.17) is 11.6 Å². The summed E-state index contributed by atoms with van der Waals surface area (Å²) in [5, 5.41) is 1.80. The van der Waals surface area contributed by atoms with Gasteiger partial charge in [0.25, 0.3) is 0 Å². The van der Waals surface area contributed by atoms with Crippen molar-refractivity contribution in [1.82, 2.24) is 10.2 Å². The van der Waals surface area contributed by atoms with Crippen molar-refractivity contribution >= 4 is 38.3 Å². The maximum atomic E-state index is 12.2. The molecule has 0 aromatic heterocycles. The lowest BCUT2D eigenvalue weighted by Crippen LogP contribution is -2.51. The first-order valence-corrected chi connectivity index (χ1v) is 10.2. The van der Waals surface area contributed by atoms with Gasteiger partial charge in [-0.15, -0.1) is 0 Å². The SMILES string of the molecule is CCCS(=O)(=O)C(=O)NCC(=O)N1CCN(c2ccc(Cl)cc2)CC1. The highest BCUT2D eigenvalue weighted by molar-refractivity contribution is 8.06. The second kappa shape index (κ2) is 8.53. The Morgan fingerprint density at radius 2 is 1.72 bits per heavy atom. The van der Waals surface area contributed by atoms with E-state index < -0.39 is 15.1 Å². The molecule has 0 saturated carbocycles. The van der Waals surface area contributed by atoms with Crippen LogP contribution in [-0.4, -0.2) is 62.9 Å². The third kappa shape index (κ3) is 5.34. The molecular weight excluding hydrogens is 366 g/mol. The third-order valence-corrected chi connectivity index (χ3v) is 5.87. The number of amides is 2. The Kier molecular flexibility index (Phi) is 6.66. The van der Waals surface area contributed by atoms with E-state index in [1.165, 1.54) is 0 Å². The molecule has 138 valence electrons. The van der Waals surface area contributed by atoms with E-state index in [-0.39, 0.29) is 18.2 Å². The molecule has 2 amide bonds. The molecule has 9 heteroatoms. The maximum absolute atomic E-state index is 12.2. The highest BCUT2D eigenvalue weighted by Gasteiger charge is 2.24. The predicted octanol–water partition coefficient (Wildman–Crippen LogP) is 1.52. The van der Waals surface area contributed by atoms with E-state index in [0.717, 1.165) is 5.69 Å². The molecule has 25 heavy (non-hydrogen) atoms. The van der Waals surface area contributed by atoms with Gasteiger partial charge in [0.1, 0.15) is 0 Å². The third-order valence-electron chi connectivity index (χ3n) is 3.96. The molecule has 0 bridgehead atoms. The number of carbonyl (C=O) groups is 2. The minimum atomic E-state index is -3.82. The van der Waals surface area contributed by atoms with Crippen LogP contribution in [0.1, 0.15) is 13.3 Å². The fraction of sp³-hybridized carbons (Fsp3) is 0.500. The standard InChI is InChI=1S/C16H22ClN3O4S/c1-2-11-25(23,24)16(22)18-12-15(21)20-9-7-19(8-10-20)14-5-3-13(17)4-6-14/h3-6H,2,7-12H2,1H3,(H,18,22). The predicted molar refractivity (Wildman–Crippen MR) is 97.7 cm³/mol. The van der Waals surface area contributed by atoms with Crippen molar-refractivity contribution in [2.45, 2.75) is 13.3 Å². The van der Waals surface area contributed by atoms with Gasteiger partial charge >= 0.3 is 5.24 Å². The number of anilines is 1. The Bertz CT molecular complexity index is 713. The molecule has 1 aromatic carbocycles. The van der Waals surface area contributed by atoms with Gasteiger partial charge < -0.3 is 15.1 Å². The Balaban J connectivity index is 1.81. The molecule has 0 spiro atoms. The van der Waals surface area contributed by atoms with Crippen molar-refractivity contribution in [3.63, 3.8) is 0 Å². The van der Waals surface area contributed by atoms with E-state index in [9.17, 15) is 18.0 Å². The van der Waals surface area contributed by atoms with E-state index >= 15 is 0 Å². The summed E-state index contributed by atoms with van der Waals surface area (Å²) >= 11 is 5.88. The summed E-state index contributed by atoms with van der Waals surface area (Å²) in [4.78, 5) is 27.5. The number of rotatable bonds is 5. The van der Waals surface area contributed by atoms with Crippen molar-refractivity contribution in [2.24, 2.45) is 0 Å². The molecule has 1 saturated heterocycles. The second-order valence-corrected chi connectivity index (χ2v) is 8.25. The second-order valence-electron chi connectivity index (χ2n) is 5.80. The number of piperazine rings is 1. The van der Waals surface area contributed by atoms with Crippen LogP contribution in [-0.2, 0) is 14.6 Å². The summed E-state index contributed by atoms with van der Waals surface area (Å²) in [6.07, 6.45) is 0.357. The quantitative estimate of drug-likeness (QED) is 0.827. The van der Waals surface area contributed by atoms with E-state index in [2.05, 4.69) is 10.2 Å². The minimum absolute atomic E-state index is 0.215. The molecule has 0 aliphatic carbocycles. The zero-order valence-corrected chi connectivity index (χ0v) is 15.6. The molecule has 1 heterocycles. The number of hydrogen-bond donors (Lipinski definition) is 1. The average Bonchev–Trinajstić information content (AvgIpc) is 2.60. The van der Waals surface area contributed by atoms with Gasteiger partial charge in [-0.3, -0.25) is 9.59 Å². The van der Waals surface area contributed by atoms with Crippen molar-refractivity contribution in [3.05, 3.63) is 29.3 Å². The molecule has 1 aliphatic rings. The lowest BCUT2D eigenvalue weighted by molar-refractivity contribution is -0.130. The van der Waals surface area contributed by atoms with Crippen LogP contribution in [0.15, 0.2) is 24.3 Å². The summed E-state index contributed by atoms with van der Waals surface area (Å²) in [6.45, 7) is 3.72. The van der Waals surface area contributed by atoms with Gasteiger partial charge in [0.15, 0.2) is 0 Å². The van der Waals surface area contributed by atoms with Crippen LogP contribution in [0.3, 0.4) is 0 Å². The Hall–Kier alpha value is -1.80. The Labute approximate surface area is 152 Å². The number of nitrogens with zero attached hydrogens (tertiary/aromatic N) is 2. The van der Waals surface area contributed by atoms with Crippen LogP contribution >= 0.6 is 11.6 Å². The van der Waals surface area contributed by atoms with Crippen LogP contribution in [0.2, 0.25) is 5.02 Å². The Morgan fingerprint density at radius 3 is 2.28 bits per heavy atom. The van der Waals surface area contributed by atoms with Gasteiger partial charge in [0.2, 0.25) is 15.7 Å². The first kappa shape index (κ1) is 19.5. The molecule has 2 rings (SSSR count). The molecule has 0 unspecified atom stereocenters. The molecule has 7 nitrogen and oxygen atoms in total. The number of carbonyl (C=O) groups excluding carboxylic acids is 2. The van der Waals surface area contributed by atoms with Crippen molar-refractivity contribution in [3.8, 4) is 0 Å². The normalized spacial score (nSPS) is 15.1. The minimum Gasteiger partial charge on any atom is -0.368 e. The van der Waals surface area contributed by atoms with Crippen LogP contribution in [0.4, 0.5) is 10.5 Å². The van der Waals surface area contributed by atoms with Gasteiger partial charge in [-0.2, -0.15) is 0 Å². The number of halogens is 1. The van der Waals surface area contributed by atoms with Gasteiger partial charge in [-0.1, -0.05) is 18.5 Å². The van der Waals surface area contributed by atoms with Gasteiger partial charge in [-0.05, 0) is 30.7 Å². The summed E-state index contributed by atoms with van der Waals surface area (Å²) in [7, 11) is -3.82. The zero-order valence-electron chi connectivity index (χ0n) is 14.1. The number of sulfone groups is 1. The van der Waals surface area contributed by atoms with E-state index in [0.29, 0.717) is 37.6 Å². The molecule has 1 N–H and O–H groups in total. The summed E-state index contributed by atoms with van der Waals surface area (Å²) in [5.74, 6) is -0.497. The molecule has 0 radical (unpaired) electrons. The Morgan fingerprint density at radius 1 is 1.12 bits per heavy atom. The van der Waals surface area contributed by atoms with Crippen molar-refractivity contribution < 1.29 is 18.0 Å². The van der Waals surface area contributed by atoms with E-state index in [1.807, 2.05) is 24.3 Å². The van der Waals surface area contributed by atoms with Crippen LogP contribution in [0.25, 0.3) is 0 Å². The molecule has 1 aromatic rings. The average molecular weight is 388 g/mol. The smallest absolute Gasteiger partial charge is 0.336 e. The number of nitrogens with one attached hydrogen (secondary N) is 1. The number of benzene rings is 1. The van der Waals surface area contributed by atoms with Crippen molar-refractivity contribution in [1.29, 1.82) is 0 Å². The molecule has 1 fully saturated rings. The lowest BCUT2D eigenvalue weighted by Gasteiger charge is -2.36. The van der Waals surface area contributed by atoms with Crippen molar-refractivity contribution in [2.75, 3.05) is 43.4 Å². The monoisotopic (exact) mass is 387 g/mol. The fourth-order valence-electron chi connectivity index (χ4n) is 2.60. The van der Waals surface area contributed by atoms with Gasteiger partial charge in [0.05, 0.1) is 12.3 Å². The summed E-state index contributed by atoms with van der Waals surface area (Å²) < 4.78 is 23.2. The fourth-order valence-corrected chi connectivity index (χ4v) is 3.74. The first-order valence-electron chi connectivity index (χ1n) is 8.12. The van der Waals surface area contributed by atoms with Crippen LogP contribution < -0.4 is 10.2 Å². The van der Waals surface area contributed by atoms with Crippen LogP contribution in [0, 0.1) is 0 Å². The molecule has 0 atom stereocenters. The lowest BCUT2D eigenvalue weighted by atomic mass is 10.2. The summed E-state index contributed by atoms with van der Waals surface area (Å²) in [5.41, 5.74) is 1.04. The maximum Gasteiger partial charge on any atom is 0.336 e.